The molecule has 0 fully saturated rings. The van der Waals surface area contributed by atoms with Crippen LogP contribution in [0.5, 0.6) is 0 Å². The summed E-state index contributed by atoms with van der Waals surface area (Å²) in [5.74, 6) is 0. The first-order valence-corrected chi connectivity index (χ1v) is 9.61. The molecular weight excluding hydrogens is 315 g/mol. The van der Waals surface area contributed by atoms with Gasteiger partial charge in [0, 0.05) is 10.2 Å². The molecule has 0 aromatic heterocycles. The van der Waals surface area contributed by atoms with Crippen LogP contribution in [0.3, 0.4) is 0 Å². The summed E-state index contributed by atoms with van der Waals surface area (Å²) in [5.41, 5.74) is 1.43. The first-order chi connectivity index (χ1) is 7.03. The minimum atomic E-state index is -1.40. The predicted octanol–water partition coefficient (Wildman–Crippen LogP) is 4.08. The van der Waals surface area contributed by atoms with Gasteiger partial charge in [-0.15, -0.1) is 0 Å². The van der Waals surface area contributed by atoms with Crippen molar-refractivity contribution in [3.05, 3.63) is 33.4 Å². The zero-order valence-corrected chi connectivity index (χ0v) is 12.9. The van der Waals surface area contributed by atoms with E-state index in [1.54, 1.807) is 0 Å². The summed E-state index contributed by atoms with van der Waals surface area (Å²) in [6, 6.07) is 9.99. The van der Waals surface area contributed by atoms with Crippen LogP contribution >= 0.6 is 22.6 Å². The molecule has 1 aromatic rings. The van der Waals surface area contributed by atoms with Crippen molar-refractivity contribution < 1.29 is 4.43 Å². The molecule has 0 aliphatic rings. The summed E-state index contributed by atoms with van der Waals surface area (Å²) in [6.07, 6.45) is 1.15. The molecule has 3 heteroatoms. The van der Waals surface area contributed by atoms with Crippen molar-refractivity contribution in [3.8, 4) is 0 Å². The van der Waals surface area contributed by atoms with Gasteiger partial charge in [-0.2, -0.15) is 0 Å². The van der Waals surface area contributed by atoms with Gasteiger partial charge in [0.25, 0.3) is 0 Å². The molecule has 84 valence electrons. The van der Waals surface area contributed by atoms with Crippen LogP contribution in [0, 0.1) is 3.57 Å². The van der Waals surface area contributed by atoms with Crippen molar-refractivity contribution in [2.24, 2.45) is 0 Å². The fourth-order valence-corrected chi connectivity index (χ4v) is 3.74. The van der Waals surface area contributed by atoms with Gasteiger partial charge in [-0.3, -0.25) is 0 Å². The largest absolute Gasteiger partial charge is 0.418 e. The molecule has 0 N–H and O–H groups in total. The van der Waals surface area contributed by atoms with E-state index < -0.39 is 8.32 Å². The van der Waals surface area contributed by atoms with Crippen molar-refractivity contribution in [1.82, 2.24) is 0 Å². The molecule has 1 aromatic carbocycles. The maximum Gasteiger partial charge on any atom is 0.187 e. The number of hydrogen-bond acceptors (Lipinski definition) is 1. The summed E-state index contributed by atoms with van der Waals surface area (Å²) in [7, 11) is -1.40. The van der Waals surface area contributed by atoms with E-state index in [9.17, 15) is 0 Å². The van der Waals surface area contributed by atoms with Gasteiger partial charge >= 0.3 is 0 Å². The van der Waals surface area contributed by atoms with E-state index in [0.29, 0.717) is 0 Å². The Morgan fingerprint density at radius 3 is 2.33 bits per heavy atom. The third-order valence-corrected chi connectivity index (χ3v) is 5.71. The quantitative estimate of drug-likeness (QED) is 0.582. The third kappa shape index (κ3) is 5.13. The lowest BCUT2D eigenvalue weighted by Crippen LogP contribution is -2.30. The molecule has 0 bridgehead atoms. The summed E-state index contributed by atoms with van der Waals surface area (Å²) in [5, 5.41) is 0. The van der Waals surface area contributed by atoms with Crippen molar-refractivity contribution in [3.63, 3.8) is 0 Å². The van der Waals surface area contributed by atoms with E-state index in [2.05, 4.69) is 66.9 Å². The first kappa shape index (κ1) is 13.2. The number of halogens is 1. The van der Waals surface area contributed by atoms with Gasteiger partial charge in [-0.25, -0.2) is 0 Å². The molecule has 1 nitrogen and oxygen atoms in total. The molecule has 15 heavy (non-hydrogen) atoms. The summed E-state index contributed by atoms with van der Waals surface area (Å²) in [6.45, 7) is 7.53. The summed E-state index contributed by atoms with van der Waals surface area (Å²) < 4.78 is 7.12. The maximum absolute atomic E-state index is 5.81. The highest BCUT2D eigenvalue weighted by Gasteiger charge is 2.20. The van der Waals surface area contributed by atoms with Crippen LogP contribution in [0.15, 0.2) is 24.3 Å². The Kier molecular flexibility index (Phi) is 5.29. The molecule has 0 saturated carbocycles. The van der Waals surface area contributed by atoms with E-state index in [-0.39, 0.29) is 0 Å². The zero-order valence-electron chi connectivity index (χ0n) is 9.72. The molecule has 0 atom stereocenters. The average Bonchev–Trinajstić information content (AvgIpc) is 2.17. The molecule has 0 spiro atoms. The van der Waals surface area contributed by atoms with Gasteiger partial charge < -0.3 is 4.43 Å². The van der Waals surface area contributed by atoms with Crippen molar-refractivity contribution >= 4 is 30.9 Å². The lowest BCUT2D eigenvalue weighted by Gasteiger charge is -2.21. The predicted molar refractivity (Wildman–Crippen MR) is 76.8 cm³/mol. The molecular formula is C12H19IOSi. The monoisotopic (exact) mass is 334 g/mol. The Bertz CT molecular complexity index is 295. The summed E-state index contributed by atoms with van der Waals surface area (Å²) in [4.78, 5) is 0. The van der Waals surface area contributed by atoms with Crippen LogP contribution in [-0.2, 0) is 10.8 Å². The van der Waals surface area contributed by atoms with Gasteiger partial charge in [-0.1, -0.05) is 12.1 Å². The number of aryl methyl sites for hydroxylation is 1. The van der Waals surface area contributed by atoms with Crippen LogP contribution in [0.25, 0.3) is 0 Å². The van der Waals surface area contributed by atoms with E-state index >= 15 is 0 Å². The Balaban J connectivity index is 2.46. The molecule has 0 saturated heterocycles. The van der Waals surface area contributed by atoms with Crippen LogP contribution in [0.2, 0.25) is 19.1 Å². The van der Waals surface area contributed by atoms with Gasteiger partial charge in [0.2, 0.25) is 0 Å². The number of rotatable bonds is 5. The Labute approximate surface area is 108 Å². The smallest absolute Gasteiger partial charge is 0.187 e. The Morgan fingerprint density at radius 2 is 1.80 bits per heavy atom. The molecule has 0 radical (unpaired) electrons. The van der Waals surface area contributed by atoms with Gasteiger partial charge in [0.05, 0.1) is 0 Å². The van der Waals surface area contributed by atoms with E-state index in [0.717, 1.165) is 13.0 Å². The SMILES string of the molecule is CCO[Si](C)(C)CCc1ccc(I)cc1. The van der Waals surface area contributed by atoms with Crippen LogP contribution in [-0.4, -0.2) is 14.9 Å². The van der Waals surface area contributed by atoms with Gasteiger partial charge in [0.1, 0.15) is 0 Å². The fraction of sp³-hybridized carbons (Fsp3) is 0.500. The first-order valence-electron chi connectivity index (χ1n) is 5.42. The second-order valence-electron chi connectivity index (χ2n) is 4.32. The minimum absolute atomic E-state index is 0.853. The van der Waals surface area contributed by atoms with Crippen molar-refractivity contribution in [1.29, 1.82) is 0 Å². The normalized spacial score (nSPS) is 11.7. The van der Waals surface area contributed by atoms with Crippen LogP contribution < -0.4 is 0 Å². The van der Waals surface area contributed by atoms with Crippen LogP contribution in [0.4, 0.5) is 0 Å². The zero-order chi connectivity index (χ0) is 11.3. The molecule has 0 aliphatic heterocycles. The lowest BCUT2D eigenvalue weighted by molar-refractivity contribution is 0.329. The molecule has 0 heterocycles. The molecule has 0 aliphatic carbocycles. The third-order valence-electron chi connectivity index (χ3n) is 2.46. The van der Waals surface area contributed by atoms with Crippen molar-refractivity contribution in [2.75, 3.05) is 6.61 Å². The Morgan fingerprint density at radius 1 is 1.20 bits per heavy atom. The number of benzene rings is 1. The van der Waals surface area contributed by atoms with E-state index in [1.165, 1.54) is 15.2 Å². The highest BCUT2D eigenvalue weighted by Crippen LogP contribution is 2.16. The van der Waals surface area contributed by atoms with Crippen LogP contribution in [0.1, 0.15) is 12.5 Å². The topological polar surface area (TPSA) is 9.23 Å². The number of hydrogen-bond donors (Lipinski definition) is 0. The van der Waals surface area contributed by atoms with Crippen molar-refractivity contribution in [2.45, 2.75) is 32.5 Å². The minimum Gasteiger partial charge on any atom is -0.418 e. The highest BCUT2D eigenvalue weighted by atomic mass is 127. The van der Waals surface area contributed by atoms with Gasteiger partial charge in [0.15, 0.2) is 8.32 Å². The Hall–Kier alpha value is 0.127. The highest BCUT2D eigenvalue weighted by molar-refractivity contribution is 14.1. The van der Waals surface area contributed by atoms with E-state index in [1.807, 2.05) is 0 Å². The molecule has 0 unspecified atom stereocenters. The standard InChI is InChI=1S/C12H19IOSi/c1-4-14-15(2,3)10-9-11-5-7-12(13)8-6-11/h5-8H,4,9-10H2,1-3H3. The van der Waals surface area contributed by atoms with Gasteiger partial charge in [-0.05, 0) is 72.8 Å². The summed E-state index contributed by atoms with van der Waals surface area (Å²) >= 11 is 2.34. The molecule has 1 rings (SSSR count). The fourth-order valence-electron chi connectivity index (χ4n) is 1.56. The average molecular weight is 334 g/mol. The second-order valence-corrected chi connectivity index (χ2v) is 9.87. The molecule has 0 amide bonds. The maximum atomic E-state index is 5.81. The second kappa shape index (κ2) is 6.01. The lowest BCUT2D eigenvalue weighted by atomic mass is 10.2. The van der Waals surface area contributed by atoms with E-state index in [4.69, 9.17) is 4.43 Å².